The predicted octanol–water partition coefficient (Wildman–Crippen LogP) is 5.12. The Bertz CT molecular complexity index is 935. The second-order valence-electron chi connectivity index (χ2n) is 7.15. The van der Waals surface area contributed by atoms with E-state index in [9.17, 15) is 4.79 Å². The van der Waals surface area contributed by atoms with Gasteiger partial charge in [-0.2, -0.15) is 0 Å². The van der Waals surface area contributed by atoms with E-state index in [1.165, 1.54) is 5.56 Å². The first-order chi connectivity index (χ1) is 14.1. The summed E-state index contributed by atoms with van der Waals surface area (Å²) in [5.41, 5.74) is 4.45. The maximum absolute atomic E-state index is 12.5. The van der Waals surface area contributed by atoms with Crippen molar-refractivity contribution in [1.29, 1.82) is 0 Å². The molecule has 0 bridgehead atoms. The van der Waals surface area contributed by atoms with Gasteiger partial charge in [0.1, 0.15) is 11.4 Å². The summed E-state index contributed by atoms with van der Waals surface area (Å²) in [6.45, 7) is 4.99. The van der Waals surface area contributed by atoms with Gasteiger partial charge in [-0.05, 0) is 53.8 Å². The molecule has 0 unspecified atom stereocenters. The lowest BCUT2D eigenvalue weighted by atomic mass is 10.0. The van der Waals surface area contributed by atoms with Crippen molar-refractivity contribution >= 4 is 17.3 Å². The van der Waals surface area contributed by atoms with Crippen molar-refractivity contribution in [3.05, 3.63) is 83.7 Å². The number of nitrogens with one attached hydrogen (secondary N) is 2. The monoisotopic (exact) mass is 389 g/mol. The number of carbonyl (C=O) groups is 1. The van der Waals surface area contributed by atoms with E-state index >= 15 is 0 Å². The average molecular weight is 389 g/mol. The molecular formula is C24H27N3O2. The Labute approximate surface area is 172 Å². The number of benzene rings is 2. The SMILES string of the molecule is COc1ccc(CCNc2ccc(C(=O)Nc3ccccc3C(C)C)nc2)cc1. The molecule has 0 radical (unpaired) electrons. The van der Waals surface area contributed by atoms with Crippen molar-refractivity contribution in [2.45, 2.75) is 26.2 Å². The van der Waals surface area contributed by atoms with Crippen LogP contribution in [0.3, 0.4) is 0 Å². The molecule has 0 aliphatic rings. The van der Waals surface area contributed by atoms with Gasteiger partial charge in [0.15, 0.2) is 0 Å². The highest BCUT2D eigenvalue weighted by Crippen LogP contribution is 2.24. The maximum atomic E-state index is 12.5. The van der Waals surface area contributed by atoms with Crippen LogP contribution in [0.5, 0.6) is 5.75 Å². The number of anilines is 2. The molecule has 1 amide bonds. The van der Waals surface area contributed by atoms with Crippen LogP contribution in [0.15, 0.2) is 66.9 Å². The summed E-state index contributed by atoms with van der Waals surface area (Å²) in [4.78, 5) is 16.9. The van der Waals surface area contributed by atoms with Gasteiger partial charge in [-0.15, -0.1) is 0 Å². The number of nitrogens with zero attached hydrogens (tertiary/aromatic N) is 1. The number of pyridine rings is 1. The molecule has 0 aliphatic heterocycles. The Kier molecular flexibility index (Phi) is 6.85. The fourth-order valence-electron chi connectivity index (χ4n) is 3.08. The first-order valence-electron chi connectivity index (χ1n) is 9.80. The average Bonchev–Trinajstić information content (AvgIpc) is 2.75. The lowest BCUT2D eigenvalue weighted by molar-refractivity contribution is 0.102. The van der Waals surface area contributed by atoms with Crippen LogP contribution in [-0.4, -0.2) is 24.5 Å². The minimum absolute atomic E-state index is 0.206. The largest absolute Gasteiger partial charge is 0.497 e. The number of carbonyl (C=O) groups excluding carboxylic acids is 1. The quantitative estimate of drug-likeness (QED) is 0.561. The van der Waals surface area contributed by atoms with E-state index in [2.05, 4.69) is 41.6 Å². The number of hydrogen-bond donors (Lipinski definition) is 2. The summed E-state index contributed by atoms with van der Waals surface area (Å²) in [6.07, 6.45) is 2.58. The van der Waals surface area contributed by atoms with E-state index in [1.807, 2.05) is 42.5 Å². The number of ether oxygens (including phenoxy) is 1. The highest BCUT2D eigenvalue weighted by molar-refractivity contribution is 6.03. The number of amides is 1. The second-order valence-corrected chi connectivity index (χ2v) is 7.15. The third kappa shape index (κ3) is 5.57. The second kappa shape index (κ2) is 9.73. The van der Waals surface area contributed by atoms with Crippen LogP contribution in [0.2, 0.25) is 0 Å². The van der Waals surface area contributed by atoms with Crippen molar-refractivity contribution in [3.8, 4) is 5.75 Å². The minimum atomic E-state index is -0.206. The number of hydrogen-bond acceptors (Lipinski definition) is 4. The van der Waals surface area contributed by atoms with Crippen molar-refractivity contribution in [1.82, 2.24) is 4.98 Å². The number of methoxy groups -OCH3 is 1. The Morgan fingerprint density at radius 3 is 2.45 bits per heavy atom. The maximum Gasteiger partial charge on any atom is 0.274 e. The zero-order valence-electron chi connectivity index (χ0n) is 17.1. The standard InChI is InChI=1S/C24H27N3O2/c1-17(2)21-6-4-5-7-22(21)27-24(28)23-13-10-19(16-26-23)25-15-14-18-8-11-20(29-3)12-9-18/h4-13,16-17,25H,14-15H2,1-3H3,(H,27,28). The molecule has 1 aromatic heterocycles. The molecule has 0 fully saturated rings. The van der Waals surface area contributed by atoms with Crippen LogP contribution in [0.1, 0.15) is 41.4 Å². The van der Waals surface area contributed by atoms with Crippen LogP contribution in [0.25, 0.3) is 0 Å². The number of rotatable bonds is 8. The molecule has 0 spiro atoms. The topological polar surface area (TPSA) is 63.2 Å². The molecule has 5 heteroatoms. The molecule has 0 saturated carbocycles. The van der Waals surface area contributed by atoms with Gasteiger partial charge in [0.05, 0.1) is 19.0 Å². The van der Waals surface area contributed by atoms with Crippen molar-refractivity contribution in [2.75, 3.05) is 24.3 Å². The first kappa shape index (κ1) is 20.4. The van der Waals surface area contributed by atoms with E-state index < -0.39 is 0 Å². The van der Waals surface area contributed by atoms with E-state index in [0.717, 1.165) is 35.7 Å². The number of para-hydroxylation sites is 1. The van der Waals surface area contributed by atoms with Gasteiger partial charge in [0, 0.05) is 12.2 Å². The van der Waals surface area contributed by atoms with Gasteiger partial charge in [-0.3, -0.25) is 4.79 Å². The van der Waals surface area contributed by atoms with Crippen molar-refractivity contribution in [3.63, 3.8) is 0 Å². The normalized spacial score (nSPS) is 10.6. The van der Waals surface area contributed by atoms with Crippen LogP contribution < -0.4 is 15.4 Å². The molecule has 3 aromatic rings. The minimum Gasteiger partial charge on any atom is -0.497 e. The van der Waals surface area contributed by atoms with Crippen molar-refractivity contribution in [2.24, 2.45) is 0 Å². The smallest absolute Gasteiger partial charge is 0.274 e. The molecule has 2 N–H and O–H groups in total. The molecule has 150 valence electrons. The molecule has 1 heterocycles. The Hall–Kier alpha value is -3.34. The van der Waals surface area contributed by atoms with Gasteiger partial charge < -0.3 is 15.4 Å². The summed E-state index contributed by atoms with van der Waals surface area (Å²) < 4.78 is 5.17. The van der Waals surface area contributed by atoms with E-state index in [-0.39, 0.29) is 5.91 Å². The van der Waals surface area contributed by atoms with Gasteiger partial charge in [-0.1, -0.05) is 44.2 Å². The molecular weight excluding hydrogens is 362 g/mol. The molecule has 29 heavy (non-hydrogen) atoms. The van der Waals surface area contributed by atoms with Crippen molar-refractivity contribution < 1.29 is 9.53 Å². The number of aromatic nitrogens is 1. The summed E-state index contributed by atoms with van der Waals surface area (Å²) in [7, 11) is 1.66. The van der Waals surface area contributed by atoms with Gasteiger partial charge >= 0.3 is 0 Å². The van der Waals surface area contributed by atoms with Crippen LogP contribution in [0, 0.1) is 0 Å². The van der Waals surface area contributed by atoms with Gasteiger partial charge in [0.25, 0.3) is 5.91 Å². The fourth-order valence-corrected chi connectivity index (χ4v) is 3.08. The highest BCUT2D eigenvalue weighted by Gasteiger charge is 2.11. The molecule has 0 saturated heterocycles. The van der Waals surface area contributed by atoms with Crippen LogP contribution in [0.4, 0.5) is 11.4 Å². The van der Waals surface area contributed by atoms with E-state index in [4.69, 9.17) is 4.74 Å². The Morgan fingerprint density at radius 2 is 1.79 bits per heavy atom. The highest BCUT2D eigenvalue weighted by atomic mass is 16.5. The summed E-state index contributed by atoms with van der Waals surface area (Å²) in [6, 6.07) is 19.5. The molecule has 2 aromatic carbocycles. The third-order valence-corrected chi connectivity index (χ3v) is 4.73. The van der Waals surface area contributed by atoms with E-state index in [0.29, 0.717) is 11.6 Å². The van der Waals surface area contributed by atoms with Crippen LogP contribution >= 0.6 is 0 Å². The molecule has 5 nitrogen and oxygen atoms in total. The summed E-state index contributed by atoms with van der Waals surface area (Å²) in [5, 5.41) is 6.31. The predicted molar refractivity (Wildman–Crippen MR) is 118 cm³/mol. The van der Waals surface area contributed by atoms with Gasteiger partial charge in [-0.25, -0.2) is 4.98 Å². The Balaban J connectivity index is 1.54. The molecule has 3 rings (SSSR count). The molecule has 0 atom stereocenters. The lowest BCUT2D eigenvalue weighted by Crippen LogP contribution is -2.15. The van der Waals surface area contributed by atoms with E-state index in [1.54, 1.807) is 19.4 Å². The molecule has 0 aliphatic carbocycles. The zero-order valence-corrected chi connectivity index (χ0v) is 17.1. The summed E-state index contributed by atoms with van der Waals surface area (Å²) in [5.74, 6) is 0.982. The zero-order chi connectivity index (χ0) is 20.6. The van der Waals surface area contributed by atoms with Gasteiger partial charge in [0.2, 0.25) is 0 Å². The first-order valence-corrected chi connectivity index (χ1v) is 9.80. The lowest BCUT2D eigenvalue weighted by Gasteiger charge is -2.13. The Morgan fingerprint density at radius 1 is 1.03 bits per heavy atom. The van der Waals surface area contributed by atoms with Crippen LogP contribution in [-0.2, 0) is 6.42 Å². The fraction of sp³-hybridized carbons (Fsp3) is 0.250. The summed E-state index contributed by atoms with van der Waals surface area (Å²) >= 11 is 0. The third-order valence-electron chi connectivity index (χ3n) is 4.73.